The maximum absolute atomic E-state index is 13.1. The summed E-state index contributed by atoms with van der Waals surface area (Å²) in [5.41, 5.74) is 2.67. The van der Waals surface area contributed by atoms with Crippen molar-refractivity contribution >= 4 is 11.8 Å². The minimum absolute atomic E-state index is 0.0213. The summed E-state index contributed by atoms with van der Waals surface area (Å²) in [4.78, 5) is 29.0. The van der Waals surface area contributed by atoms with Gasteiger partial charge in [-0.2, -0.15) is 0 Å². The predicted octanol–water partition coefficient (Wildman–Crippen LogP) is 1.94. The van der Waals surface area contributed by atoms with Crippen LogP contribution >= 0.6 is 0 Å². The van der Waals surface area contributed by atoms with Gasteiger partial charge in [0, 0.05) is 32.6 Å². The summed E-state index contributed by atoms with van der Waals surface area (Å²) in [6, 6.07) is 8.34. The van der Waals surface area contributed by atoms with E-state index in [9.17, 15) is 14.7 Å². The number of aliphatic hydroxyl groups is 1. The molecule has 140 valence electrons. The van der Waals surface area contributed by atoms with Crippen molar-refractivity contribution in [3.05, 3.63) is 35.4 Å². The second-order valence-corrected chi connectivity index (χ2v) is 8.15. The number of carbonyl (C=O) groups is 2. The van der Waals surface area contributed by atoms with Gasteiger partial charge in [0.15, 0.2) is 0 Å². The molecule has 2 amide bonds. The van der Waals surface area contributed by atoms with E-state index >= 15 is 0 Å². The number of rotatable bonds is 3. The summed E-state index contributed by atoms with van der Waals surface area (Å²) < 4.78 is 0. The fraction of sp³-hybridized carbons (Fsp3) is 0.619. The van der Waals surface area contributed by atoms with Crippen LogP contribution < -0.4 is 0 Å². The molecule has 3 aliphatic rings. The lowest BCUT2D eigenvalue weighted by molar-refractivity contribution is -0.143. The number of aryl methyl sites for hydroxylation is 1. The van der Waals surface area contributed by atoms with Crippen LogP contribution in [0.5, 0.6) is 0 Å². The van der Waals surface area contributed by atoms with E-state index in [0.717, 1.165) is 51.7 Å². The standard InChI is InChI=1S/C21H28N2O3/c24-14-13-23-15-21(8-7-19(23)25)9-11-22(12-10-21)20(26)18-6-5-16-3-1-2-4-17(16)18/h1-4,18,24H,5-15H2/t18-/m1/s1. The highest BCUT2D eigenvalue weighted by atomic mass is 16.3. The number of benzene rings is 1. The second kappa shape index (κ2) is 7.03. The number of likely N-dealkylation sites (tertiary alicyclic amines) is 2. The van der Waals surface area contributed by atoms with E-state index in [1.807, 2.05) is 15.9 Å². The van der Waals surface area contributed by atoms with E-state index in [-0.39, 0.29) is 29.8 Å². The van der Waals surface area contributed by atoms with Gasteiger partial charge in [0.1, 0.15) is 0 Å². The summed E-state index contributed by atoms with van der Waals surface area (Å²) in [6.07, 6.45) is 5.35. The third-order valence-corrected chi connectivity index (χ3v) is 6.68. The van der Waals surface area contributed by atoms with Crippen LogP contribution in [-0.2, 0) is 16.0 Å². The van der Waals surface area contributed by atoms with Crippen molar-refractivity contribution in [2.75, 3.05) is 32.8 Å². The van der Waals surface area contributed by atoms with E-state index < -0.39 is 0 Å². The first-order valence-electron chi connectivity index (χ1n) is 9.87. The van der Waals surface area contributed by atoms with E-state index in [1.54, 1.807) is 0 Å². The maximum atomic E-state index is 13.1. The van der Waals surface area contributed by atoms with Gasteiger partial charge in [-0.05, 0) is 48.6 Å². The Balaban J connectivity index is 1.39. The molecule has 4 rings (SSSR count). The lowest BCUT2D eigenvalue weighted by atomic mass is 9.72. The minimum Gasteiger partial charge on any atom is -0.395 e. The van der Waals surface area contributed by atoms with Crippen molar-refractivity contribution in [1.29, 1.82) is 0 Å². The Morgan fingerprint density at radius 1 is 1.15 bits per heavy atom. The Hall–Kier alpha value is -1.88. The highest BCUT2D eigenvalue weighted by Gasteiger charge is 2.42. The topological polar surface area (TPSA) is 60.9 Å². The molecule has 1 atom stereocenters. The molecule has 1 aromatic rings. The largest absolute Gasteiger partial charge is 0.395 e. The Bertz CT molecular complexity index is 694. The molecule has 2 heterocycles. The quantitative estimate of drug-likeness (QED) is 0.900. The van der Waals surface area contributed by atoms with Gasteiger partial charge in [0.2, 0.25) is 11.8 Å². The van der Waals surface area contributed by atoms with Gasteiger partial charge in [-0.15, -0.1) is 0 Å². The number of nitrogens with zero attached hydrogens (tertiary/aromatic N) is 2. The maximum Gasteiger partial charge on any atom is 0.230 e. The summed E-state index contributed by atoms with van der Waals surface area (Å²) in [7, 11) is 0. The Kier molecular flexibility index (Phi) is 4.74. The molecule has 5 heteroatoms. The molecule has 0 saturated carbocycles. The van der Waals surface area contributed by atoms with Crippen LogP contribution in [0, 0.1) is 5.41 Å². The molecule has 0 unspecified atom stereocenters. The normalized spacial score (nSPS) is 24.8. The van der Waals surface area contributed by atoms with Gasteiger partial charge < -0.3 is 14.9 Å². The van der Waals surface area contributed by atoms with Gasteiger partial charge in [-0.3, -0.25) is 9.59 Å². The zero-order chi connectivity index (χ0) is 18.1. The van der Waals surface area contributed by atoms with Crippen LogP contribution in [0.25, 0.3) is 0 Å². The van der Waals surface area contributed by atoms with Crippen molar-refractivity contribution in [3.8, 4) is 0 Å². The van der Waals surface area contributed by atoms with Gasteiger partial charge >= 0.3 is 0 Å². The lowest BCUT2D eigenvalue weighted by Gasteiger charge is -2.47. The van der Waals surface area contributed by atoms with Gasteiger partial charge in [-0.1, -0.05) is 24.3 Å². The molecule has 0 radical (unpaired) electrons. The van der Waals surface area contributed by atoms with Crippen LogP contribution in [0.1, 0.15) is 49.1 Å². The molecule has 0 bridgehead atoms. The van der Waals surface area contributed by atoms with Gasteiger partial charge in [0.25, 0.3) is 0 Å². The summed E-state index contributed by atoms with van der Waals surface area (Å²) in [5, 5.41) is 9.19. The molecule has 2 fully saturated rings. The van der Waals surface area contributed by atoms with Crippen molar-refractivity contribution in [2.24, 2.45) is 5.41 Å². The van der Waals surface area contributed by atoms with Crippen LogP contribution in [0.4, 0.5) is 0 Å². The molecule has 2 saturated heterocycles. The number of amides is 2. The third kappa shape index (κ3) is 3.13. The van der Waals surface area contributed by atoms with Crippen LogP contribution in [0.2, 0.25) is 0 Å². The number of carbonyl (C=O) groups excluding carboxylic acids is 2. The molecule has 2 aliphatic heterocycles. The molecule has 1 aliphatic carbocycles. The highest BCUT2D eigenvalue weighted by Crippen LogP contribution is 2.41. The number of piperidine rings is 2. The average Bonchev–Trinajstić information content (AvgIpc) is 3.09. The first kappa shape index (κ1) is 17.5. The highest BCUT2D eigenvalue weighted by molar-refractivity contribution is 5.85. The van der Waals surface area contributed by atoms with Crippen molar-refractivity contribution in [1.82, 2.24) is 9.80 Å². The number of fused-ring (bicyclic) bond motifs is 1. The minimum atomic E-state index is 0.0213. The van der Waals surface area contributed by atoms with Crippen LogP contribution in [0.15, 0.2) is 24.3 Å². The smallest absolute Gasteiger partial charge is 0.230 e. The Labute approximate surface area is 155 Å². The van der Waals surface area contributed by atoms with Crippen LogP contribution in [-0.4, -0.2) is 59.5 Å². The fourth-order valence-electron chi connectivity index (χ4n) is 5.07. The second-order valence-electron chi connectivity index (χ2n) is 8.15. The molecular formula is C21H28N2O3. The molecule has 5 nitrogen and oxygen atoms in total. The number of β-amino-alcohol motifs (C(OH)–C–C–N with tert-alkyl or cyclic N) is 1. The van der Waals surface area contributed by atoms with Crippen molar-refractivity contribution in [2.45, 2.75) is 44.4 Å². The first-order valence-corrected chi connectivity index (χ1v) is 9.87. The molecular weight excluding hydrogens is 328 g/mol. The first-order chi connectivity index (χ1) is 12.6. The van der Waals surface area contributed by atoms with E-state index in [4.69, 9.17) is 0 Å². The van der Waals surface area contributed by atoms with Crippen molar-refractivity contribution in [3.63, 3.8) is 0 Å². The van der Waals surface area contributed by atoms with E-state index in [0.29, 0.717) is 13.0 Å². The van der Waals surface area contributed by atoms with Crippen molar-refractivity contribution < 1.29 is 14.7 Å². The van der Waals surface area contributed by atoms with E-state index in [2.05, 4.69) is 18.2 Å². The number of hydrogen-bond acceptors (Lipinski definition) is 3. The Morgan fingerprint density at radius 2 is 1.92 bits per heavy atom. The zero-order valence-corrected chi connectivity index (χ0v) is 15.3. The average molecular weight is 356 g/mol. The molecule has 1 aromatic carbocycles. The van der Waals surface area contributed by atoms with E-state index in [1.165, 1.54) is 11.1 Å². The summed E-state index contributed by atoms with van der Waals surface area (Å²) >= 11 is 0. The fourth-order valence-corrected chi connectivity index (χ4v) is 5.07. The SMILES string of the molecule is O=C1CCC2(CCN(C(=O)[C@@H]3CCc4ccccc43)CC2)CN1CCO. The molecule has 1 N–H and O–H groups in total. The number of aliphatic hydroxyl groups excluding tert-OH is 1. The predicted molar refractivity (Wildman–Crippen MR) is 98.7 cm³/mol. The Morgan fingerprint density at radius 3 is 2.69 bits per heavy atom. The number of hydrogen-bond donors (Lipinski definition) is 1. The van der Waals surface area contributed by atoms with Gasteiger partial charge in [-0.25, -0.2) is 0 Å². The summed E-state index contributed by atoms with van der Waals surface area (Å²) in [6.45, 7) is 2.77. The molecule has 26 heavy (non-hydrogen) atoms. The molecule has 1 spiro atoms. The van der Waals surface area contributed by atoms with Crippen LogP contribution in [0.3, 0.4) is 0 Å². The summed E-state index contributed by atoms with van der Waals surface area (Å²) in [5.74, 6) is 0.466. The monoisotopic (exact) mass is 356 g/mol. The lowest BCUT2D eigenvalue weighted by Crippen LogP contribution is -2.53. The zero-order valence-electron chi connectivity index (χ0n) is 15.3. The molecule has 0 aromatic heterocycles. The van der Waals surface area contributed by atoms with Gasteiger partial charge in [0.05, 0.1) is 12.5 Å². The third-order valence-electron chi connectivity index (χ3n) is 6.68.